The third kappa shape index (κ3) is 7.25. The van der Waals surface area contributed by atoms with Crippen LogP contribution in [-0.4, -0.2) is 73.9 Å². The van der Waals surface area contributed by atoms with Crippen LogP contribution in [0.3, 0.4) is 0 Å². The molecule has 4 heterocycles. The van der Waals surface area contributed by atoms with Crippen LogP contribution in [0.25, 0.3) is 33.6 Å². The number of ether oxygens (including phenoxy) is 3. The molecule has 0 aliphatic carbocycles. The third-order valence-corrected chi connectivity index (χ3v) is 9.45. The second-order valence-electron chi connectivity index (χ2n) is 13.1. The summed E-state index contributed by atoms with van der Waals surface area (Å²) < 4.78 is 17.4. The molecule has 0 spiro atoms. The number of nitrogens with zero attached hydrogens (tertiary/aromatic N) is 4. The van der Waals surface area contributed by atoms with E-state index in [-0.39, 0.29) is 11.8 Å². The van der Waals surface area contributed by atoms with Crippen LogP contribution < -0.4 is 14.8 Å². The van der Waals surface area contributed by atoms with E-state index in [1.165, 1.54) is 13.2 Å². The SMILES string of the molecule is C=CC(NC(=O)OC)C(=O)N(CCC)C(C)c1ncc(-c2cc3c4c(c2)OCc2cc(-c5cnc(CN(CCC)C(=O)CCC)[nH]5)cc(c2-4)OC3)[nH]1. The number of nitrogens with one attached hydrogen (secondary N) is 3. The molecule has 2 aromatic heterocycles. The molecule has 0 bridgehead atoms. The number of methoxy groups -OCH3 is 1. The van der Waals surface area contributed by atoms with Crippen molar-refractivity contribution in [3.05, 3.63) is 72.1 Å². The van der Waals surface area contributed by atoms with Gasteiger partial charge in [0.25, 0.3) is 0 Å². The molecule has 0 saturated heterocycles. The average Bonchev–Trinajstić information content (AvgIpc) is 3.85. The van der Waals surface area contributed by atoms with Crippen molar-refractivity contribution in [2.24, 2.45) is 0 Å². The fourth-order valence-corrected chi connectivity index (χ4v) is 6.86. The van der Waals surface area contributed by atoms with Crippen LogP contribution in [-0.2, 0) is 34.1 Å². The molecule has 3 N–H and O–H groups in total. The summed E-state index contributed by atoms with van der Waals surface area (Å²) in [5.74, 6) is 2.74. The summed E-state index contributed by atoms with van der Waals surface area (Å²) in [6.45, 7) is 14.0. The zero-order valence-electron chi connectivity index (χ0n) is 30.5. The molecule has 0 fully saturated rings. The van der Waals surface area contributed by atoms with Crippen LogP contribution in [0.15, 0.2) is 49.3 Å². The number of H-pyrrole nitrogens is 2. The lowest BCUT2D eigenvalue weighted by Crippen LogP contribution is -2.48. The predicted octanol–water partition coefficient (Wildman–Crippen LogP) is 6.67. The lowest BCUT2D eigenvalue weighted by molar-refractivity contribution is -0.134. The van der Waals surface area contributed by atoms with Crippen LogP contribution in [0.5, 0.6) is 11.5 Å². The fraction of sp³-hybridized carbons (Fsp3) is 0.410. The summed E-state index contributed by atoms with van der Waals surface area (Å²) >= 11 is 0. The summed E-state index contributed by atoms with van der Waals surface area (Å²) in [4.78, 5) is 57.6. The lowest BCUT2D eigenvalue weighted by atomic mass is 9.87. The van der Waals surface area contributed by atoms with E-state index in [0.717, 1.165) is 74.9 Å². The predicted molar refractivity (Wildman–Crippen MR) is 196 cm³/mol. The number of hydrogen-bond donors (Lipinski definition) is 3. The highest BCUT2D eigenvalue weighted by atomic mass is 16.5. The number of carbonyl (C=O) groups is 3. The summed E-state index contributed by atoms with van der Waals surface area (Å²) in [5, 5.41) is 2.53. The van der Waals surface area contributed by atoms with Gasteiger partial charge in [0.15, 0.2) is 0 Å². The Bertz CT molecular complexity index is 1920. The number of imidazole rings is 2. The van der Waals surface area contributed by atoms with Crippen molar-refractivity contribution >= 4 is 17.9 Å². The minimum Gasteiger partial charge on any atom is -0.488 e. The van der Waals surface area contributed by atoms with Gasteiger partial charge in [-0.15, -0.1) is 6.58 Å². The van der Waals surface area contributed by atoms with Gasteiger partial charge in [-0.25, -0.2) is 14.8 Å². The Morgan fingerprint density at radius 2 is 1.54 bits per heavy atom. The topological polar surface area (TPSA) is 155 Å². The quantitative estimate of drug-likeness (QED) is 0.116. The summed E-state index contributed by atoms with van der Waals surface area (Å²) in [7, 11) is 1.25. The van der Waals surface area contributed by atoms with Crippen molar-refractivity contribution in [1.29, 1.82) is 0 Å². The first-order valence-electron chi connectivity index (χ1n) is 17.9. The first-order valence-corrected chi connectivity index (χ1v) is 17.9. The number of alkyl carbamates (subject to hydrolysis) is 1. The highest BCUT2D eigenvalue weighted by Gasteiger charge is 2.32. The van der Waals surface area contributed by atoms with Crippen molar-refractivity contribution in [1.82, 2.24) is 35.1 Å². The van der Waals surface area contributed by atoms with Crippen molar-refractivity contribution in [3.63, 3.8) is 0 Å². The molecule has 0 saturated carbocycles. The van der Waals surface area contributed by atoms with Gasteiger partial charge in [-0.1, -0.05) is 26.8 Å². The lowest BCUT2D eigenvalue weighted by Gasteiger charge is -2.30. The minimum atomic E-state index is -0.939. The van der Waals surface area contributed by atoms with Gasteiger partial charge in [0.1, 0.15) is 42.4 Å². The standard InChI is InChI=1S/C39H47N7O6/c1-7-11-34(47)45(12-8-2)20-33-40-18-29(42-33)24-14-26-21-52-32-17-25(15-27-22-51-31(16-24)35(26)36(27)32)30-19-41-37(43-30)23(5)46(13-9-3)38(48)28(10-4)44-39(49)50-6/h10,14-19,23,28H,4,7-9,11-13,20-22H2,1-3,5-6H3,(H,40,42)(H,41,43)(H,44,49). The molecule has 2 aliphatic rings. The van der Waals surface area contributed by atoms with E-state index in [4.69, 9.17) is 9.47 Å². The Morgan fingerprint density at radius 1 is 0.923 bits per heavy atom. The molecule has 2 aromatic carbocycles. The van der Waals surface area contributed by atoms with Gasteiger partial charge < -0.3 is 39.3 Å². The van der Waals surface area contributed by atoms with Crippen molar-refractivity contribution in [2.45, 2.75) is 85.2 Å². The highest BCUT2D eigenvalue weighted by Crippen LogP contribution is 2.50. The number of rotatable bonds is 15. The molecule has 274 valence electrons. The molecule has 6 rings (SSSR count). The normalized spacial score (nSPS) is 13.6. The molecule has 3 amide bonds. The summed E-state index contributed by atoms with van der Waals surface area (Å²) in [6.07, 6.45) is 7.19. The molecule has 2 atom stereocenters. The zero-order chi connectivity index (χ0) is 36.9. The van der Waals surface area contributed by atoms with E-state index >= 15 is 0 Å². The Balaban J connectivity index is 1.23. The smallest absolute Gasteiger partial charge is 0.407 e. The number of amides is 3. The molecular formula is C39H47N7O6. The monoisotopic (exact) mass is 709 g/mol. The van der Waals surface area contributed by atoms with Crippen LogP contribution in [0.2, 0.25) is 0 Å². The molecule has 52 heavy (non-hydrogen) atoms. The number of carbonyl (C=O) groups excluding carboxylic acids is 3. The molecular weight excluding hydrogens is 662 g/mol. The van der Waals surface area contributed by atoms with Crippen LogP contribution in [0.1, 0.15) is 82.2 Å². The van der Waals surface area contributed by atoms with E-state index in [1.54, 1.807) is 11.1 Å². The Labute approximate surface area is 303 Å². The van der Waals surface area contributed by atoms with Crippen molar-refractivity contribution in [3.8, 4) is 45.1 Å². The van der Waals surface area contributed by atoms with Crippen LogP contribution in [0, 0.1) is 0 Å². The van der Waals surface area contributed by atoms with E-state index in [1.807, 2.05) is 44.0 Å². The first-order chi connectivity index (χ1) is 25.2. The summed E-state index contributed by atoms with van der Waals surface area (Å²) in [5.41, 5.74) is 7.53. The maximum atomic E-state index is 13.5. The number of aromatic nitrogens is 4. The Morgan fingerprint density at radius 3 is 2.12 bits per heavy atom. The number of benzene rings is 2. The van der Waals surface area contributed by atoms with Gasteiger partial charge in [0, 0.05) is 52.9 Å². The van der Waals surface area contributed by atoms with Gasteiger partial charge in [0.05, 0.1) is 43.5 Å². The highest BCUT2D eigenvalue weighted by molar-refractivity contribution is 5.89. The molecule has 2 aliphatic heterocycles. The molecule has 2 unspecified atom stereocenters. The molecule has 13 heteroatoms. The Hall–Kier alpha value is -5.59. The van der Waals surface area contributed by atoms with E-state index < -0.39 is 18.2 Å². The molecule has 4 aromatic rings. The van der Waals surface area contributed by atoms with Gasteiger partial charge in [-0.2, -0.15) is 0 Å². The van der Waals surface area contributed by atoms with E-state index in [2.05, 4.69) is 55.6 Å². The van der Waals surface area contributed by atoms with Crippen LogP contribution >= 0.6 is 0 Å². The van der Waals surface area contributed by atoms with Gasteiger partial charge in [-0.05, 0) is 50.5 Å². The largest absolute Gasteiger partial charge is 0.488 e. The fourth-order valence-electron chi connectivity index (χ4n) is 6.86. The number of hydrogen-bond acceptors (Lipinski definition) is 8. The second-order valence-corrected chi connectivity index (χ2v) is 13.1. The second kappa shape index (κ2) is 15.7. The van der Waals surface area contributed by atoms with Gasteiger partial charge in [-0.3, -0.25) is 9.59 Å². The van der Waals surface area contributed by atoms with Crippen LogP contribution in [0.4, 0.5) is 4.79 Å². The maximum absolute atomic E-state index is 13.5. The summed E-state index contributed by atoms with van der Waals surface area (Å²) in [6, 6.07) is 6.90. The molecule has 13 nitrogen and oxygen atoms in total. The number of aromatic amines is 2. The van der Waals surface area contributed by atoms with Gasteiger partial charge >= 0.3 is 6.09 Å². The minimum absolute atomic E-state index is 0.144. The van der Waals surface area contributed by atoms with E-state index in [9.17, 15) is 14.4 Å². The van der Waals surface area contributed by atoms with Crippen molar-refractivity contribution < 1.29 is 28.6 Å². The van der Waals surface area contributed by atoms with E-state index in [0.29, 0.717) is 51.5 Å². The van der Waals surface area contributed by atoms with Crippen molar-refractivity contribution in [2.75, 3.05) is 20.2 Å². The first kappa shape index (κ1) is 36.2. The van der Waals surface area contributed by atoms with Gasteiger partial charge in [0.2, 0.25) is 11.8 Å². The Kier molecular flexibility index (Phi) is 11.0. The zero-order valence-corrected chi connectivity index (χ0v) is 30.5. The maximum Gasteiger partial charge on any atom is 0.407 e. The average molecular weight is 710 g/mol. The molecule has 0 radical (unpaired) electrons. The third-order valence-electron chi connectivity index (χ3n) is 9.45.